The lowest BCUT2D eigenvalue weighted by molar-refractivity contribution is 0.174. The van der Waals surface area contributed by atoms with Gasteiger partial charge in [-0.05, 0) is 24.6 Å². The van der Waals surface area contributed by atoms with E-state index in [4.69, 9.17) is 9.47 Å². The van der Waals surface area contributed by atoms with Gasteiger partial charge in [0.2, 0.25) is 6.79 Å². The summed E-state index contributed by atoms with van der Waals surface area (Å²) in [4.78, 5) is 9.74. The lowest BCUT2D eigenvalue weighted by Gasteiger charge is -2.11. The third-order valence-electron chi connectivity index (χ3n) is 3.20. The minimum Gasteiger partial charge on any atom is -0.454 e. The molecular formula is C15H19IN4O2S. The predicted octanol–water partition coefficient (Wildman–Crippen LogP) is 2.66. The summed E-state index contributed by atoms with van der Waals surface area (Å²) in [6.45, 7) is 3.67. The van der Waals surface area contributed by atoms with E-state index in [1.165, 1.54) is 4.88 Å². The van der Waals surface area contributed by atoms with Crippen LogP contribution >= 0.6 is 35.3 Å². The van der Waals surface area contributed by atoms with Crippen LogP contribution in [0.15, 0.2) is 29.4 Å². The van der Waals surface area contributed by atoms with Crippen LogP contribution in [0.5, 0.6) is 11.5 Å². The van der Waals surface area contributed by atoms with Gasteiger partial charge in [-0.25, -0.2) is 4.98 Å². The number of halogens is 1. The second-order valence-corrected chi connectivity index (χ2v) is 6.15. The molecule has 6 nitrogen and oxygen atoms in total. The van der Waals surface area contributed by atoms with Crippen molar-refractivity contribution in [3.63, 3.8) is 0 Å². The largest absolute Gasteiger partial charge is 0.454 e. The maximum absolute atomic E-state index is 5.38. The average molecular weight is 446 g/mol. The summed E-state index contributed by atoms with van der Waals surface area (Å²) in [5, 5.41) is 7.57. The summed E-state index contributed by atoms with van der Waals surface area (Å²) in [5.74, 6) is 2.33. The van der Waals surface area contributed by atoms with E-state index >= 15 is 0 Å². The van der Waals surface area contributed by atoms with Gasteiger partial charge in [0.25, 0.3) is 0 Å². The van der Waals surface area contributed by atoms with Gasteiger partial charge in [0.1, 0.15) is 5.01 Å². The van der Waals surface area contributed by atoms with Crippen LogP contribution in [0.2, 0.25) is 0 Å². The maximum atomic E-state index is 5.38. The molecule has 1 aliphatic rings. The van der Waals surface area contributed by atoms with Crippen LogP contribution in [0.1, 0.15) is 15.4 Å². The lowest BCUT2D eigenvalue weighted by atomic mass is 10.2. The Labute approximate surface area is 156 Å². The van der Waals surface area contributed by atoms with Crippen molar-refractivity contribution in [1.29, 1.82) is 0 Å². The molecule has 3 rings (SSSR count). The Morgan fingerprint density at radius 1 is 1.26 bits per heavy atom. The summed E-state index contributed by atoms with van der Waals surface area (Å²) in [7, 11) is 1.75. The van der Waals surface area contributed by atoms with E-state index in [0.29, 0.717) is 19.9 Å². The number of aryl methyl sites for hydroxylation is 1. The Kier molecular flexibility index (Phi) is 6.46. The molecule has 23 heavy (non-hydrogen) atoms. The van der Waals surface area contributed by atoms with Crippen molar-refractivity contribution in [1.82, 2.24) is 15.6 Å². The number of fused-ring (bicyclic) bond motifs is 1. The van der Waals surface area contributed by atoms with Crippen molar-refractivity contribution < 1.29 is 9.47 Å². The Morgan fingerprint density at radius 3 is 2.78 bits per heavy atom. The molecule has 0 atom stereocenters. The number of guanidine groups is 1. The highest BCUT2D eigenvalue weighted by molar-refractivity contribution is 14.0. The normalized spacial score (nSPS) is 12.7. The first-order valence-corrected chi connectivity index (χ1v) is 7.80. The van der Waals surface area contributed by atoms with Gasteiger partial charge in [0.15, 0.2) is 17.5 Å². The number of aliphatic imine (C=N–C) groups is 1. The summed E-state index contributed by atoms with van der Waals surface area (Å²) < 4.78 is 10.7. The summed E-state index contributed by atoms with van der Waals surface area (Å²) in [5.41, 5.74) is 1.11. The molecule has 1 aliphatic heterocycles. The number of hydrogen-bond donors (Lipinski definition) is 2. The number of benzene rings is 1. The Balaban J connectivity index is 0.00000192. The fraction of sp³-hybridized carbons (Fsp3) is 0.333. The van der Waals surface area contributed by atoms with Crippen LogP contribution in [0.4, 0.5) is 0 Å². The molecule has 0 aliphatic carbocycles. The molecule has 0 unspecified atom stereocenters. The third kappa shape index (κ3) is 4.71. The van der Waals surface area contributed by atoms with Crippen LogP contribution in [0.3, 0.4) is 0 Å². The van der Waals surface area contributed by atoms with Crippen molar-refractivity contribution >= 4 is 41.3 Å². The molecule has 2 heterocycles. The van der Waals surface area contributed by atoms with Crippen LogP contribution < -0.4 is 20.1 Å². The topological polar surface area (TPSA) is 67.8 Å². The molecule has 2 aromatic rings. The monoisotopic (exact) mass is 446 g/mol. The average Bonchev–Trinajstić information content (AvgIpc) is 3.15. The molecule has 124 valence electrons. The van der Waals surface area contributed by atoms with E-state index in [9.17, 15) is 0 Å². The maximum Gasteiger partial charge on any atom is 0.231 e. The summed E-state index contributed by atoms with van der Waals surface area (Å²) in [6, 6.07) is 5.92. The zero-order valence-electron chi connectivity index (χ0n) is 13.0. The van der Waals surface area contributed by atoms with Crippen molar-refractivity contribution in [3.05, 3.63) is 39.8 Å². The van der Waals surface area contributed by atoms with Crippen molar-refractivity contribution in [3.8, 4) is 11.5 Å². The first-order chi connectivity index (χ1) is 10.7. The van der Waals surface area contributed by atoms with Gasteiger partial charge in [0.05, 0.1) is 6.54 Å². The van der Waals surface area contributed by atoms with Gasteiger partial charge in [-0.3, -0.25) is 4.99 Å². The van der Waals surface area contributed by atoms with Crippen LogP contribution in [-0.2, 0) is 13.1 Å². The first kappa shape index (κ1) is 17.8. The lowest BCUT2D eigenvalue weighted by Crippen LogP contribution is -2.36. The Hall–Kier alpha value is -1.55. The smallest absolute Gasteiger partial charge is 0.231 e. The van der Waals surface area contributed by atoms with Crippen LogP contribution in [-0.4, -0.2) is 24.8 Å². The van der Waals surface area contributed by atoms with Gasteiger partial charge in [-0.1, -0.05) is 6.07 Å². The molecule has 2 N–H and O–H groups in total. The molecule has 0 radical (unpaired) electrons. The first-order valence-electron chi connectivity index (χ1n) is 6.99. The molecule has 1 aromatic heterocycles. The van der Waals surface area contributed by atoms with E-state index in [1.54, 1.807) is 18.4 Å². The second kappa shape index (κ2) is 8.34. The van der Waals surface area contributed by atoms with Crippen LogP contribution in [0.25, 0.3) is 0 Å². The fourth-order valence-corrected chi connectivity index (χ4v) is 2.83. The number of hydrogen-bond acceptors (Lipinski definition) is 5. The molecule has 0 spiro atoms. The molecule has 0 fully saturated rings. The number of ether oxygens (including phenoxy) is 2. The van der Waals surface area contributed by atoms with Crippen LogP contribution in [0, 0.1) is 6.92 Å². The highest BCUT2D eigenvalue weighted by Crippen LogP contribution is 2.32. The zero-order valence-corrected chi connectivity index (χ0v) is 16.1. The Bertz CT molecular complexity index is 690. The molecular weight excluding hydrogens is 427 g/mol. The highest BCUT2D eigenvalue weighted by atomic mass is 127. The molecule has 0 bridgehead atoms. The number of rotatable bonds is 4. The minimum atomic E-state index is 0. The molecule has 0 saturated carbocycles. The second-order valence-electron chi connectivity index (χ2n) is 4.83. The fourth-order valence-electron chi connectivity index (χ4n) is 2.10. The molecule has 0 amide bonds. The SMILES string of the molecule is CN=C(NCc1ccc2c(c1)OCO2)NCc1ncc(C)s1.I. The van der Waals surface area contributed by atoms with E-state index < -0.39 is 0 Å². The molecule has 0 saturated heterocycles. The number of nitrogens with one attached hydrogen (secondary N) is 2. The number of nitrogens with zero attached hydrogens (tertiary/aromatic N) is 2. The van der Waals surface area contributed by atoms with Crippen molar-refractivity contribution in [2.75, 3.05) is 13.8 Å². The summed E-state index contributed by atoms with van der Waals surface area (Å²) >= 11 is 1.68. The van der Waals surface area contributed by atoms with Crippen molar-refractivity contribution in [2.45, 2.75) is 20.0 Å². The van der Waals surface area contributed by atoms with Gasteiger partial charge in [0, 0.05) is 24.7 Å². The van der Waals surface area contributed by atoms with Gasteiger partial charge < -0.3 is 20.1 Å². The summed E-state index contributed by atoms with van der Waals surface area (Å²) in [6.07, 6.45) is 1.88. The van der Waals surface area contributed by atoms with Gasteiger partial charge in [-0.15, -0.1) is 35.3 Å². The van der Waals surface area contributed by atoms with E-state index in [2.05, 4.69) is 20.6 Å². The van der Waals surface area contributed by atoms with E-state index in [-0.39, 0.29) is 24.0 Å². The number of thiazole rings is 1. The highest BCUT2D eigenvalue weighted by Gasteiger charge is 2.13. The Morgan fingerprint density at radius 2 is 2.04 bits per heavy atom. The quantitative estimate of drug-likeness (QED) is 0.430. The van der Waals surface area contributed by atoms with Crippen molar-refractivity contribution in [2.24, 2.45) is 4.99 Å². The van der Waals surface area contributed by atoms with Gasteiger partial charge >= 0.3 is 0 Å². The molecule has 1 aromatic carbocycles. The van der Waals surface area contributed by atoms with E-state index in [1.807, 2.05) is 31.3 Å². The van der Waals surface area contributed by atoms with Gasteiger partial charge in [-0.2, -0.15) is 0 Å². The zero-order chi connectivity index (χ0) is 15.4. The third-order valence-corrected chi connectivity index (χ3v) is 4.11. The predicted molar refractivity (Wildman–Crippen MR) is 102 cm³/mol. The van der Waals surface area contributed by atoms with E-state index in [0.717, 1.165) is 28.0 Å². The number of aromatic nitrogens is 1. The standard InChI is InChI=1S/C15H18N4O2S.HI/c1-10-6-17-14(22-10)8-19-15(16-2)18-7-11-3-4-12-13(5-11)21-9-20-12;/h3-6H,7-9H2,1-2H3,(H2,16,18,19);1H. The minimum absolute atomic E-state index is 0. The molecule has 8 heteroatoms.